The van der Waals surface area contributed by atoms with E-state index in [4.69, 9.17) is 6.42 Å². The maximum atomic E-state index is 12.1. The number of urea groups is 1. The molecule has 1 unspecified atom stereocenters. The van der Waals surface area contributed by atoms with Gasteiger partial charge >= 0.3 is 6.03 Å². The molecule has 0 aromatic carbocycles. The summed E-state index contributed by atoms with van der Waals surface area (Å²) < 4.78 is 0. The van der Waals surface area contributed by atoms with Gasteiger partial charge in [0.15, 0.2) is 0 Å². The maximum absolute atomic E-state index is 12.1. The van der Waals surface area contributed by atoms with Crippen molar-refractivity contribution in [3.05, 3.63) is 12.2 Å². The standard InChI is InChI=1S/C15H20N2O2/c1-2-10-17-14(18)9-12-16(15(17)19)11-5-8-13-6-3-4-7-13/h1,3,6,13H,4-5,7-12H2. The van der Waals surface area contributed by atoms with Gasteiger partial charge in [0.1, 0.15) is 0 Å². The van der Waals surface area contributed by atoms with Crippen molar-refractivity contribution in [2.45, 2.75) is 32.1 Å². The van der Waals surface area contributed by atoms with Crippen molar-refractivity contribution >= 4 is 11.9 Å². The van der Waals surface area contributed by atoms with Crippen molar-refractivity contribution < 1.29 is 9.59 Å². The summed E-state index contributed by atoms with van der Waals surface area (Å²) in [5.41, 5.74) is 0. The molecule has 0 radical (unpaired) electrons. The lowest BCUT2D eigenvalue weighted by atomic mass is 10.0. The molecule has 1 saturated heterocycles. The van der Waals surface area contributed by atoms with E-state index in [0.717, 1.165) is 19.4 Å². The largest absolute Gasteiger partial charge is 0.327 e. The van der Waals surface area contributed by atoms with E-state index in [1.54, 1.807) is 4.90 Å². The molecular formula is C15H20N2O2. The Bertz CT molecular complexity index is 422. The van der Waals surface area contributed by atoms with Crippen molar-refractivity contribution in [3.8, 4) is 12.3 Å². The third-order valence-corrected chi connectivity index (χ3v) is 3.76. The minimum Gasteiger partial charge on any atom is -0.324 e. The van der Waals surface area contributed by atoms with Crippen LogP contribution in [0.1, 0.15) is 32.1 Å². The topological polar surface area (TPSA) is 40.6 Å². The van der Waals surface area contributed by atoms with Gasteiger partial charge in [0.25, 0.3) is 0 Å². The number of hydrogen-bond donors (Lipinski definition) is 0. The van der Waals surface area contributed by atoms with Crippen molar-refractivity contribution in [2.75, 3.05) is 19.6 Å². The minimum atomic E-state index is -0.226. The van der Waals surface area contributed by atoms with E-state index in [1.165, 1.54) is 17.7 Å². The maximum Gasteiger partial charge on any atom is 0.327 e. The Balaban J connectivity index is 1.79. The van der Waals surface area contributed by atoms with Crippen LogP contribution in [-0.2, 0) is 4.79 Å². The first-order chi connectivity index (χ1) is 9.22. The first-order valence-electron chi connectivity index (χ1n) is 6.91. The molecule has 3 amide bonds. The number of terminal acetylenes is 1. The van der Waals surface area contributed by atoms with Crippen LogP contribution in [0.3, 0.4) is 0 Å². The van der Waals surface area contributed by atoms with Crippen molar-refractivity contribution in [3.63, 3.8) is 0 Å². The highest BCUT2D eigenvalue weighted by molar-refractivity contribution is 5.97. The summed E-state index contributed by atoms with van der Waals surface area (Å²) >= 11 is 0. The summed E-state index contributed by atoms with van der Waals surface area (Å²) in [5.74, 6) is 2.88. The van der Waals surface area contributed by atoms with Gasteiger partial charge in [-0.05, 0) is 31.6 Å². The third kappa shape index (κ3) is 3.37. The average Bonchev–Trinajstić information content (AvgIpc) is 2.90. The normalized spacial score (nSPS) is 23.0. The molecule has 0 saturated carbocycles. The van der Waals surface area contributed by atoms with Gasteiger partial charge in [0.05, 0.1) is 6.54 Å². The highest BCUT2D eigenvalue weighted by atomic mass is 16.2. The van der Waals surface area contributed by atoms with E-state index in [-0.39, 0.29) is 18.5 Å². The molecule has 1 heterocycles. The van der Waals surface area contributed by atoms with Gasteiger partial charge in [0, 0.05) is 19.5 Å². The number of imide groups is 1. The van der Waals surface area contributed by atoms with Crippen molar-refractivity contribution in [2.24, 2.45) is 5.92 Å². The van der Waals surface area contributed by atoms with E-state index in [1.807, 2.05) is 0 Å². The van der Waals surface area contributed by atoms with Gasteiger partial charge in [-0.15, -0.1) is 6.42 Å². The number of nitrogens with zero attached hydrogens (tertiary/aromatic N) is 2. The first kappa shape index (κ1) is 13.7. The summed E-state index contributed by atoms with van der Waals surface area (Å²) in [7, 11) is 0. The molecule has 1 atom stereocenters. The lowest BCUT2D eigenvalue weighted by Crippen LogP contribution is -2.52. The number of hydrogen-bond acceptors (Lipinski definition) is 2. The Morgan fingerprint density at radius 3 is 2.95 bits per heavy atom. The van der Waals surface area contributed by atoms with Crippen molar-refractivity contribution in [1.82, 2.24) is 9.80 Å². The molecule has 4 heteroatoms. The average molecular weight is 260 g/mol. The molecule has 4 nitrogen and oxygen atoms in total. The summed E-state index contributed by atoms with van der Waals surface area (Å²) in [6.07, 6.45) is 14.6. The van der Waals surface area contributed by atoms with Crippen LogP contribution < -0.4 is 0 Å². The minimum absolute atomic E-state index is 0.0829. The van der Waals surface area contributed by atoms with E-state index in [9.17, 15) is 9.59 Å². The summed E-state index contributed by atoms with van der Waals surface area (Å²) in [6.45, 7) is 1.33. The lowest BCUT2D eigenvalue weighted by molar-refractivity contribution is -0.130. The molecule has 2 aliphatic rings. The third-order valence-electron chi connectivity index (χ3n) is 3.76. The number of carbonyl (C=O) groups is 2. The van der Waals surface area contributed by atoms with Gasteiger partial charge in [-0.1, -0.05) is 18.1 Å². The van der Waals surface area contributed by atoms with Gasteiger partial charge in [-0.3, -0.25) is 9.69 Å². The van der Waals surface area contributed by atoms with E-state index in [2.05, 4.69) is 18.1 Å². The summed E-state index contributed by atoms with van der Waals surface area (Å²) in [5, 5.41) is 0. The number of allylic oxidation sites excluding steroid dienone is 2. The molecule has 0 spiro atoms. The number of rotatable bonds is 5. The second-order valence-electron chi connectivity index (χ2n) is 5.11. The fraction of sp³-hybridized carbons (Fsp3) is 0.600. The van der Waals surface area contributed by atoms with E-state index >= 15 is 0 Å². The van der Waals surface area contributed by atoms with Gasteiger partial charge in [-0.2, -0.15) is 0 Å². The molecule has 0 aromatic rings. The molecular weight excluding hydrogens is 240 g/mol. The molecule has 1 aliphatic heterocycles. The molecule has 19 heavy (non-hydrogen) atoms. The van der Waals surface area contributed by atoms with Gasteiger partial charge in [0.2, 0.25) is 5.91 Å². The zero-order chi connectivity index (χ0) is 13.7. The Morgan fingerprint density at radius 2 is 2.26 bits per heavy atom. The Hall–Kier alpha value is -1.76. The smallest absolute Gasteiger partial charge is 0.324 e. The SMILES string of the molecule is C#CCN1C(=O)CCN(CCCC2C=CCC2)C1=O. The van der Waals surface area contributed by atoms with Crippen LogP contribution >= 0.6 is 0 Å². The zero-order valence-corrected chi connectivity index (χ0v) is 11.2. The predicted octanol–water partition coefficient (Wildman–Crippen LogP) is 2.02. The quantitative estimate of drug-likeness (QED) is 0.560. The monoisotopic (exact) mass is 260 g/mol. The Kier molecular flexibility index (Phi) is 4.62. The number of amides is 3. The molecule has 0 bridgehead atoms. The second-order valence-corrected chi connectivity index (χ2v) is 5.11. The molecule has 1 fully saturated rings. The molecule has 102 valence electrons. The number of carbonyl (C=O) groups excluding carboxylic acids is 2. The molecule has 0 N–H and O–H groups in total. The van der Waals surface area contributed by atoms with Crippen LogP contribution in [0.25, 0.3) is 0 Å². The lowest BCUT2D eigenvalue weighted by Gasteiger charge is -2.33. The van der Waals surface area contributed by atoms with Crippen molar-refractivity contribution in [1.29, 1.82) is 0 Å². The summed E-state index contributed by atoms with van der Waals surface area (Å²) in [4.78, 5) is 26.6. The van der Waals surface area contributed by atoms with Gasteiger partial charge < -0.3 is 4.90 Å². The van der Waals surface area contributed by atoms with Crippen LogP contribution in [0.4, 0.5) is 4.79 Å². The molecule has 0 aromatic heterocycles. The van der Waals surface area contributed by atoms with Crippen LogP contribution in [-0.4, -0.2) is 41.4 Å². The van der Waals surface area contributed by atoms with Crippen LogP contribution in [0.5, 0.6) is 0 Å². The van der Waals surface area contributed by atoms with Crippen LogP contribution in [0.15, 0.2) is 12.2 Å². The molecule has 1 aliphatic carbocycles. The summed E-state index contributed by atoms with van der Waals surface area (Å²) in [6, 6.07) is -0.226. The second kappa shape index (κ2) is 6.42. The van der Waals surface area contributed by atoms with E-state index < -0.39 is 0 Å². The first-order valence-corrected chi connectivity index (χ1v) is 6.91. The molecule has 2 rings (SSSR count). The van der Waals surface area contributed by atoms with Crippen LogP contribution in [0.2, 0.25) is 0 Å². The zero-order valence-electron chi connectivity index (χ0n) is 11.2. The highest BCUT2D eigenvalue weighted by Gasteiger charge is 2.30. The predicted molar refractivity (Wildman–Crippen MR) is 73.2 cm³/mol. The Labute approximate surface area is 114 Å². The Morgan fingerprint density at radius 1 is 1.42 bits per heavy atom. The van der Waals surface area contributed by atoms with E-state index in [0.29, 0.717) is 18.9 Å². The van der Waals surface area contributed by atoms with Gasteiger partial charge in [-0.25, -0.2) is 4.79 Å². The fourth-order valence-electron chi connectivity index (χ4n) is 2.67. The fourth-order valence-corrected chi connectivity index (χ4v) is 2.67. The van der Waals surface area contributed by atoms with Crippen LogP contribution in [0, 0.1) is 18.3 Å². The highest BCUT2D eigenvalue weighted by Crippen LogP contribution is 2.22.